The molecule has 20 heavy (non-hydrogen) atoms. The van der Waals surface area contributed by atoms with E-state index in [0.29, 0.717) is 12.8 Å². The summed E-state index contributed by atoms with van der Waals surface area (Å²) in [5, 5.41) is 2.87. The molecule has 0 bridgehead atoms. The molecule has 1 saturated heterocycles. The van der Waals surface area contributed by atoms with Crippen LogP contribution >= 0.6 is 22.6 Å². The van der Waals surface area contributed by atoms with Crippen LogP contribution in [0.15, 0.2) is 24.3 Å². The topological polar surface area (TPSA) is 49.4 Å². The van der Waals surface area contributed by atoms with Gasteiger partial charge in [0.1, 0.15) is 11.6 Å². The Kier molecular flexibility index (Phi) is 4.36. The molecule has 0 radical (unpaired) electrons. The Labute approximate surface area is 133 Å². The first-order valence-corrected chi connectivity index (χ1v) is 7.92. The number of piperazine rings is 1. The van der Waals surface area contributed by atoms with Crippen molar-refractivity contribution < 1.29 is 9.59 Å². The van der Waals surface area contributed by atoms with Gasteiger partial charge in [-0.3, -0.25) is 14.5 Å². The molecule has 0 aromatic heterocycles. The van der Waals surface area contributed by atoms with Gasteiger partial charge in [-0.15, -0.1) is 0 Å². The highest BCUT2D eigenvalue weighted by molar-refractivity contribution is 14.1. The Bertz CT molecular complexity index is 529. The zero-order valence-corrected chi connectivity index (χ0v) is 14.1. The van der Waals surface area contributed by atoms with Crippen LogP contribution in [0.5, 0.6) is 0 Å². The molecule has 2 unspecified atom stereocenters. The molecule has 1 heterocycles. The maximum atomic E-state index is 12.8. The van der Waals surface area contributed by atoms with Crippen LogP contribution in [0.4, 0.5) is 5.69 Å². The lowest BCUT2D eigenvalue weighted by atomic mass is 9.90. The summed E-state index contributed by atoms with van der Waals surface area (Å²) in [4.78, 5) is 26.7. The summed E-state index contributed by atoms with van der Waals surface area (Å²) in [6.45, 7) is 5.63. The van der Waals surface area contributed by atoms with Crippen LogP contribution in [-0.4, -0.2) is 23.4 Å². The molecule has 108 valence electrons. The smallest absolute Gasteiger partial charge is 0.253 e. The number of carbonyl (C=O) groups is 2. The number of hydrogen-bond acceptors (Lipinski definition) is 2. The van der Waals surface area contributed by atoms with Crippen LogP contribution in [0.3, 0.4) is 0 Å². The Morgan fingerprint density at radius 1 is 1.25 bits per heavy atom. The van der Waals surface area contributed by atoms with E-state index in [9.17, 15) is 9.59 Å². The van der Waals surface area contributed by atoms with Crippen LogP contribution in [-0.2, 0) is 9.59 Å². The molecule has 1 aromatic carbocycles. The zero-order chi connectivity index (χ0) is 14.9. The second-order valence-electron chi connectivity index (χ2n) is 5.25. The molecule has 4 nitrogen and oxygen atoms in total. The van der Waals surface area contributed by atoms with Gasteiger partial charge in [0.25, 0.3) is 5.91 Å². The van der Waals surface area contributed by atoms with E-state index in [4.69, 9.17) is 0 Å². The number of anilines is 1. The van der Waals surface area contributed by atoms with Crippen molar-refractivity contribution in [1.82, 2.24) is 5.32 Å². The highest BCUT2D eigenvalue weighted by Gasteiger charge is 2.46. The maximum absolute atomic E-state index is 12.8. The molecule has 1 fully saturated rings. The minimum atomic E-state index is -0.814. The first-order valence-electron chi connectivity index (χ1n) is 6.84. The lowest BCUT2D eigenvalue weighted by molar-refractivity contribution is -0.138. The molecule has 0 aliphatic carbocycles. The third-order valence-electron chi connectivity index (χ3n) is 3.90. The van der Waals surface area contributed by atoms with E-state index in [-0.39, 0.29) is 11.8 Å². The van der Waals surface area contributed by atoms with Crippen molar-refractivity contribution >= 4 is 40.1 Å². The highest BCUT2D eigenvalue weighted by atomic mass is 127. The van der Waals surface area contributed by atoms with Gasteiger partial charge in [-0.25, -0.2) is 0 Å². The summed E-state index contributed by atoms with van der Waals surface area (Å²) in [5.74, 6) is -0.109. The molecule has 1 N–H and O–H groups in total. The van der Waals surface area contributed by atoms with Gasteiger partial charge in [0.15, 0.2) is 0 Å². The predicted molar refractivity (Wildman–Crippen MR) is 87.6 cm³/mol. The molecule has 5 heteroatoms. The van der Waals surface area contributed by atoms with Gasteiger partial charge in [0, 0.05) is 9.26 Å². The number of carbonyl (C=O) groups excluding carboxylic acids is 2. The minimum Gasteiger partial charge on any atom is -0.340 e. The van der Waals surface area contributed by atoms with Crippen LogP contribution in [0.25, 0.3) is 0 Å². The third-order valence-corrected chi connectivity index (χ3v) is 4.62. The van der Waals surface area contributed by atoms with Gasteiger partial charge < -0.3 is 5.32 Å². The standard InChI is InChI=1S/C15H19IN2O2/c1-4-12-13(19)17-15(3,5-2)14(20)18(12)11-8-6-10(16)7-9-11/h6-9,12H,4-5H2,1-3H3,(H,17,19). The summed E-state index contributed by atoms with van der Waals surface area (Å²) in [5.41, 5.74) is -0.0250. The van der Waals surface area contributed by atoms with Crippen molar-refractivity contribution in [3.63, 3.8) is 0 Å². The number of hydrogen-bond donors (Lipinski definition) is 1. The first-order chi connectivity index (χ1) is 9.42. The highest BCUT2D eigenvalue weighted by Crippen LogP contribution is 2.28. The Hall–Kier alpha value is -1.11. The van der Waals surface area contributed by atoms with Gasteiger partial charge in [-0.1, -0.05) is 13.8 Å². The molecule has 2 amide bonds. The van der Waals surface area contributed by atoms with Gasteiger partial charge in [0.2, 0.25) is 5.91 Å². The Balaban J connectivity index is 2.46. The average Bonchev–Trinajstić information content (AvgIpc) is 2.43. The summed E-state index contributed by atoms with van der Waals surface area (Å²) in [6, 6.07) is 7.27. The average molecular weight is 386 g/mol. The normalized spacial score (nSPS) is 26.6. The van der Waals surface area contributed by atoms with Crippen LogP contribution in [0, 0.1) is 3.57 Å². The van der Waals surface area contributed by atoms with E-state index in [1.807, 2.05) is 38.1 Å². The molecular weight excluding hydrogens is 367 g/mol. The van der Waals surface area contributed by atoms with Crippen molar-refractivity contribution in [2.45, 2.75) is 45.2 Å². The fraction of sp³-hybridized carbons (Fsp3) is 0.467. The van der Waals surface area contributed by atoms with E-state index in [2.05, 4.69) is 27.9 Å². The number of nitrogens with one attached hydrogen (secondary N) is 1. The molecule has 0 saturated carbocycles. The fourth-order valence-corrected chi connectivity index (χ4v) is 2.80. The van der Waals surface area contributed by atoms with Gasteiger partial charge in [-0.2, -0.15) is 0 Å². The lowest BCUT2D eigenvalue weighted by Gasteiger charge is -2.43. The van der Waals surface area contributed by atoms with Crippen LogP contribution in [0.2, 0.25) is 0 Å². The molecule has 2 rings (SSSR count). The van der Waals surface area contributed by atoms with Crippen LogP contribution in [0.1, 0.15) is 33.6 Å². The molecule has 1 aliphatic rings. The van der Waals surface area contributed by atoms with Crippen molar-refractivity contribution in [1.29, 1.82) is 0 Å². The number of nitrogens with zero attached hydrogens (tertiary/aromatic N) is 1. The zero-order valence-electron chi connectivity index (χ0n) is 11.9. The van der Waals surface area contributed by atoms with Gasteiger partial charge in [0.05, 0.1) is 0 Å². The molecule has 1 aliphatic heterocycles. The summed E-state index contributed by atoms with van der Waals surface area (Å²) < 4.78 is 1.10. The number of halogens is 1. The molecular formula is C15H19IN2O2. The summed E-state index contributed by atoms with van der Waals surface area (Å²) >= 11 is 2.22. The van der Waals surface area contributed by atoms with E-state index >= 15 is 0 Å². The van der Waals surface area contributed by atoms with Crippen molar-refractivity contribution in [3.05, 3.63) is 27.8 Å². The monoisotopic (exact) mass is 386 g/mol. The second-order valence-corrected chi connectivity index (χ2v) is 6.50. The molecule has 0 spiro atoms. The number of rotatable bonds is 3. The maximum Gasteiger partial charge on any atom is 0.253 e. The van der Waals surface area contributed by atoms with Crippen molar-refractivity contribution in [3.8, 4) is 0 Å². The van der Waals surface area contributed by atoms with Crippen molar-refractivity contribution in [2.24, 2.45) is 0 Å². The Morgan fingerprint density at radius 3 is 2.35 bits per heavy atom. The molecule has 1 aromatic rings. The first kappa shape index (κ1) is 15.3. The van der Waals surface area contributed by atoms with Crippen LogP contribution < -0.4 is 10.2 Å². The van der Waals surface area contributed by atoms with E-state index in [0.717, 1.165) is 9.26 Å². The van der Waals surface area contributed by atoms with E-state index in [1.165, 1.54) is 0 Å². The SMILES string of the molecule is CCC1C(=O)NC(C)(CC)C(=O)N1c1ccc(I)cc1. The minimum absolute atomic E-state index is 0.0346. The summed E-state index contributed by atoms with van der Waals surface area (Å²) in [7, 11) is 0. The van der Waals surface area contributed by atoms with Gasteiger partial charge >= 0.3 is 0 Å². The Morgan fingerprint density at radius 2 is 1.85 bits per heavy atom. The molecule has 2 atom stereocenters. The van der Waals surface area contributed by atoms with E-state index in [1.54, 1.807) is 11.8 Å². The number of amides is 2. The fourth-order valence-electron chi connectivity index (χ4n) is 2.44. The summed E-state index contributed by atoms with van der Waals surface area (Å²) in [6.07, 6.45) is 1.18. The quantitative estimate of drug-likeness (QED) is 0.813. The van der Waals surface area contributed by atoms with E-state index < -0.39 is 11.6 Å². The lowest BCUT2D eigenvalue weighted by Crippen LogP contribution is -2.69. The van der Waals surface area contributed by atoms with Crippen molar-refractivity contribution in [2.75, 3.05) is 4.90 Å². The predicted octanol–water partition coefficient (Wildman–Crippen LogP) is 2.70. The largest absolute Gasteiger partial charge is 0.340 e. The third kappa shape index (κ3) is 2.55. The second kappa shape index (κ2) is 5.71. The number of benzene rings is 1. The van der Waals surface area contributed by atoms with Gasteiger partial charge in [-0.05, 0) is 66.6 Å².